The number of sulfone groups is 1. The molecule has 1 heterocycles. The van der Waals surface area contributed by atoms with Crippen molar-refractivity contribution in [2.24, 2.45) is 10.7 Å². The third kappa shape index (κ3) is 5.07. The molecule has 5 nitrogen and oxygen atoms in total. The zero-order valence-electron chi connectivity index (χ0n) is 18.2. The molecule has 0 aliphatic carbocycles. The Morgan fingerprint density at radius 3 is 2.25 bits per heavy atom. The highest BCUT2D eigenvalue weighted by atomic mass is 32.2. The van der Waals surface area contributed by atoms with Gasteiger partial charge in [0.1, 0.15) is 10.5 Å². The van der Waals surface area contributed by atoms with Crippen LogP contribution in [-0.4, -0.2) is 45.0 Å². The highest BCUT2D eigenvalue weighted by molar-refractivity contribution is 7.93. The van der Waals surface area contributed by atoms with Gasteiger partial charge in [-0.25, -0.2) is 8.42 Å². The van der Waals surface area contributed by atoms with Crippen LogP contribution in [-0.2, 0) is 15.4 Å². The van der Waals surface area contributed by atoms with Crippen LogP contribution in [0.1, 0.15) is 26.3 Å². The second-order valence-electron chi connectivity index (χ2n) is 8.54. The maximum Gasteiger partial charge on any atom is 0.422 e. The maximum atomic E-state index is 13.0. The monoisotopic (exact) mass is 486 g/mol. The molecule has 174 valence electrons. The van der Waals surface area contributed by atoms with E-state index in [2.05, 4.69) is 4.99 Å². The van der Waals surface area contributed by atoms with E-state index in [1.165, 1.54) is 30.7 Å². The molecule has 1 unspecified atom stereocenters. The van der Waals surface area contributed by atoms with Gasteiger partial charge in [-0.05, 0) is 56.7 Å². The molecule has 0 saturated heterocycles. The smallest absolute Gasteiger partial charge is 0.422 e. The summed E-state index contributed by atoms with van der Waals surface area (Å²) in [4.78, 5) is 3.86. The Labute approximate surface area is 189 Å². The number of benzene rings is 2. The molecule has 1 aromatic heterocycles. The Bertz CT molecular complexity index is 1280. The van der Waals surface area contributed by atoms with E-state index in [1.807, 2.05) is 6.07 Å². The molecule has 0 aliphatic rings. The first-order valence-electron chi connectivity index (χ1n) is 9.76. The molecule has 0 spiro atoms. The molecule has 3 aromatic rings. The van der Waals surface area contributed by atoms with Crippen LogP contribution in [0.3, 0.4) is 0 Å². The minimum Gasteiger partial charge on any atom is -0.484 e. The Kier molecular flexibility index (Phi) is 6.36. The standard InChI is InChI=1S/C22H25F3N2O3S2/c1-20(2,11-27-4)32(28,29)13-21(3,26)14-5-7-18-16(9-14)17-10-15(6-8-19(17)31-18)30-12-22(23,24)25/h5-11H,12-13,26H2,1-4H3. The van der Waals surface area contributed by atoms with Gasteiger partial charge in [-0.3, -0.25) is 4.99 Å². The minimum atomic E-state index is -4.43. The number of ether oxygens (including phenoxy) is 1. The Morgan fingerprint density at radius 1 is 1.06 bits per heavy atom. The number of aliphatic imine (C=N–C) groups is 1. The first kappa shape index (κ1) is 24.5. The molecule has 2 aromatic carbocycles. The van der Waals surface area contributed by atoms with Crippen molar-refractivity contribution in [3.63, 3.8) is 0 Å². The van der Waals surface area contributed by atoms with Crippen LogP contribution in [0.4, 0.5) is 13.2 Å². The highest BCUT2D eigenvalue weighted by Gasteiger charge is 2.38. The third-order valence-corrected chi connectivity index (χ3v) is 9.07. The summed E-state index contributed by atoms with van der Waals surface area (Å²) in [6, 6.07) is 10.2. The van der Waals surface area contributed by atoms with E-state index in [0.717, 1.165) is 20.2 Å². The lowest BCUT2D eigenvalue weighted by atomic mass is 9.94. The first-order valence-corrected chi connectivity index (χ1v) is 12.2. The quantitative estimate of drug-likeness (QED) is 0.473. The molecule has 10 heteroatoms. The van der Waals surface area contributed by atoms with Crippen molar-refractivity contribution in [3.05, 3.63) is 42.0 Å². The lowest BCUT2D eigenvalue weighted by Gasteiger charge is -2.29. The van der Waals surface area contributed by atoms with Gasteiger partial charge in [0.15, 0.2) is 16.4 Å². The van der Waals surface area contributed by atoms with Crippen LogP contribution in [0.15, 0.2) is 41.4 Å². The number of hydrogen-bond donors (Lipinski definition) is 1. The minimum absolute atomic E-state index is 0.110. The van der Waals surface area contributed by atoms with Crippen LogP contribution in [0, 0.1) is 0 Å². The number of hydrogen-bond acceptors (Lipinski definition) is 6. The van der Waals surface area contributed by atoms with Gasteiger partial charge in [0, 0.05) is 33.4 Å². The molecule has 0 saturated carbocycles. The van der Waals surface area contributed by atoms with Gasteiger partial charge in [-0.15, -0.1) is 11.3 Å². The second kappa shape index (κ2) is 8.31. The molecule has 1 atom stereocenters. The SMILES string of the molecule is CN=CC(C)(C)S(=O)(=O)CC(C)(N)c1ccc2sc3ccc(OCC(F)(F)F)cc3c2c1. The summed E-state index contributed by atoms with van der Waals surface area (Å²) < 4.78 is 69.0. The third-order valence-electron chi connectivity index (χ3n) is 5.23. The molecule has 0 fully saturated rings. The molecule has 0 aliphatic heterocycles. The van der Waals surface area contributed by atoms with E-state index in [-0.39, 0.29) is 11.5 Å². The van der Waals surface area contributed by atoms with Gasteiger partial charge in [0.2, 0.25) is 0 Å². The summed E-state index contributed by atoms with van der Waals surface area (Å²) in [6.07, 6.45) is -3.04. The van der Waals surface area contributed by atoms with Crippen molar-refractivity contribution in [1.29, 1.82) is 0 Å². The Balaban J connectivity index is 2.01. The molecular weight excluding hydrogens is 461 g/mol. The first-order chi connectivity index (χ1) is 14.7. The number of nitrogens with zero attached hydrogens (tertiary/aromatic N) is 1. The van der Waals surface area contributed by atoms with Crippen molar-refractivity contribution in [1.82, 2.24) is 0 Å². The summed E-state index contributed by atoms with van der Waals surface area (Å²) in [5.41, 5.74) is 5.90. The van der Waals surface area contributed by atoms with Crippen LogP contribution in [0.25, 0.3) is 20.2 Å². The van der Waals surface area contributed by atoms with Crippen molar-refractivity contribution in [2.45, 2.75) is 37.2 Å². The van der Waals surface area contributed by atoms with E-state index < -0.39 is 32.9 Å². The fourth-order valence-corrected chi connectivity index (χ4v) is 6.08. The average Bonchev–Trinajstić information content (AvgIpc) is 3.02. The fraction of sp³-hybridized carbons (Fsp3) is 0.409. The lowest BCUT2D eigenvalue weighted by molar-refractivity contribution is -0.153. The van der Waals surface area contributed by atoms with E-state index in [4.69, 9.17) is 10.5 Å². The number of fused-ring (bicyclic) bond motifs is 3. The fourth-order valence-electron chi connectivity index (χ4n) is 3.42. The molecule has 0 radical (unpaired) electrons. The number of thiophene rings is 1. The summed E-state index contributed by atoms with van der Waals surface area (Å²) in [5, 5.41) is 1.51. The summed E-state index contributed by atoms with van der Waals surface area (Å²) in [5.74, 6) is -0.189. The van der Waals surface area contributed by atoms with Gasteiger partial charge in [-0.2, -0.15) is 13.2 Å². The maximum absolute atomic E-state index is 13.0. The number of nitrogens with two attached hydrogens (primary N) is 1. The van der Waals surface area contributed by atoms with Crippen molar-refractivity contribution >= 4 is 47.6 Å². The van der Waals surface area contributed by atoms with E-state index >= 15 is 0 Å². The normalized spacial score (nSPS) is 15.5. The number of halogens is 3. The average molecular weight is 487 g/mol. The molecule has 0 bridgehead atoms. The molecular formula is C22H25F3N2O3S2. The lowest BCUT2D eigenvalue weighted by Crippen LogP contribution is -2.47. The van der Waals surface area contributed by atoms with Crippen LogP contribution in [0.2, 0.25) is 0 Å². The molecule has 32 heavy (non-hydrogen) atoms. The summed E-state index contributed by atoms with van der Waals surface area (Å²) >= 11 is 1.48. The van der Waals surface area contributed by atoms with Gasteiger partial charge in [0.05, 0.1) is 11.3 Å². The highest BCUT2D eigenvalue weighted by Crippen LogP contribution is 2.38. The Hall–Kier alpha value is -2.17. The zero-order chi connectivity index (χ0) is 23.9. The molecule has 3 rings (SSSR count). The van der Waals surface area contributed by atoms with E-state index in [0.29, 0.717) is 5.56 Å². The number of rotatable bonds is 7. The second-order valence-corrected chi connectivity index (χ2v) is 12.2. The largest absolute Gasteiger partial charge is 0.484 e. The van der Waals surface area contributed by atoms with Crippen LogP contribution >= 0.6 is 11.3 Å². The Morgan fingerprint density at radius 2 is 1.66 bits per heavy atom. The van der Waals surface area contributed by atoms with E-state index in [1.54, 1.807) is 45.0 Å². The topological polar surface area (TPSA) is 81.8 Å². The van der Waals surface area contributed by atoms with Gasteiger partial charge < -0.3 is 10.5 Å². The predicted octanol–water partition coefficient (Wildman–Crippen LogP) is 5.06. The van der Waals surface area contributed by atoms with Gasteiger partial charge >= 0.3 is 6.18 Å². The van der Waals surface area contributed by atoms with E-state index in [9.17, 15) is 21.6 Å². The van der Waals surface area contributed by atoms with Crippen LogP contribution in [0.5, 0.6) is 5.75 Å². The van der Waals surface area contributed by atoms with Crippen molar-refractivity contribution in [2.75, 3.05) is 19.4 Å². The molecule has 2 N–H and O–H groups in total. The van der Waals surface area contributed by atoms with Gasteiger partial charge in [-0.1, -0.05) is 6.07 Å². The van der Waals surface area contributed by atoms with Crippen molar-refractivity contribution in [3.8, 4) is 5.75 Å². The van der Waals surface area contributed by atoms with Gasteiger partial charge in [0.25, 0.3) is 0 Å². The predicted molar refractivity (Wildman–Crippen MR) is 125 cm³/mol. The summed E-state index contributed by atoms with van der Waals surface area (Å²) in [6.45, 7) is 3.42. The molecule has 0 amide bonds. The van der Waals surface area contributed by atoms with Crippen LogP contribution < -0.4 is 10.5 Å². The number of alkyl halides is 3. The summed E-state index contributed by atoms with van der Waals surface area (Å²) in [7, 11) is -2.12. The van der Waals surface area contributed by atoms with Crippen molar-refractivity contribution < 1.29 is 26.3 Å². The zero-order valence-corrected chi connectivity index (χ0v) is 19.8.